The van der Waals surface area contributed by atoms with E-state index < -0.39 is 6.17 Å². The van der Waals surface area contributed by atoms with E-state index in [1.54, 1.807) is 18.6 Å². The van der Waals surface area contributed by atoms with Gasteiger partial charge in [-0.05, 0) is 25.0 Å². The molecule has 0 bridgehead atoms. The van der Waals surface area contributed by atoms with Gasteiger partial charge in [-0.15, -0.1) is 0 Å². The number of nitrogens with two attached hydrogens (primary N) is 1. The van der Waals surface area contributed by atoms with E-state index in [1.807, 2.05) is 39.0 Å². The first-order chi connectivity index (χ1) is 14.8. The minimum atomic E-state index is -0.672. The highest BCUT2D eigenvalue weighted by Gasteiger charge is 2.52. The third-order valence-corrected chi connectivity index (χ3v) is 5.49. The van der Waals surface area contributed by atoms with Gasteiger partial charge in [0.2, 0.25) is 12.1 Å². The number of nitrogen functional groups attached to an aromatic ring is 1. The smallest absolute Gasteiger partial charge is 0.299 e. The molecule has 2 amide bonds. The molecule has 0 saturated heterocycles. The Morgan fingerprint density at radius 2 is 2.13 bits per heavy atom. The van der Waals surface area contributed by atoms with Crippen LogP contribution in [0, 0.1) is 6.92 Å². The normalized spacial score (nSPS) is 20.7. The van der Waals surface area contributed by atoms with Crippen molar-refractivity contribution < 1.29 is 9.59 Å². The van der Waals surface area contributed by atoms with E-state index in [2.05, 4.69) is 25.9 Å². The molecule has 2 unspecified atom stereocenters. The fourth-order valence-corrected chi connectivity index (χ4v) is 3.96. The Labute approximate surface area is 182 Å². The number of hydrogen-bond donors (Lipinski definition) is 4. The standard InChI is InChI=1S/C22H29N7O2/c1-5-8-25-21-22(31)27-11-14(2)29(21,18-7-6-9-24-13-18)19-10-17(12-26-16(4)30)15(3)28-20(19)23/h6-7,9-11,13,21,25H,5,8,12H2,1-4H3,(H3-,23,26,27,28,30,31)/p+1. The molecule has 0 aromatic carbocycles. The molecule has 5 N–H and O–H groups in total. The summed E-state index contributed by atoms with van der Waals surface area (Å²) in [4.78, 5) is 33.5. The topological polar surface area (TPSA) is 122 Å². The van der Waals surface area contributed by atoms with Gasteiger partial charge in [0.1, 0.15) is 5.70 Å². The van der Waals surface area contributed by atoms with Crippen molar-refractivity contribution >= 4 is 29.0 Å². The van der Waals surface area contributed by atoms with Crippen LogP contribution in [-0.4, -0.2) is 34.5 Å². The number of amides is 2. The van der Waals surface area contributed by atoms with E-state index in [0.29, 0.717) is 24.6 Å². The number of anilines is 1. The Bertz CT molecular complexity index is 1010. The number of nitrogens with zero attached hydrogens (tertiary/aromatic N) is 3. The summed E-state index contributed by atoms with van der Waals surface area (Å²) in [6.07, 6.45) is 5.32. The molecule has 1 aliphatic heterocycles. The van der Waals surface area contributed by atoms with Crippen LogP contribution in [0.3, 0.4) is 0 Å². The van der Waals surface area contributed by atoms with Crippen molar-refractivity contribution in [2.45, 2.75) is 46.8 Å². The molecular weight excluding hydrogens is 394 g/mol. The van der Waals surface area contributed by atoms with Crippen molar-refractivity contribution in [2.24, 2.45) is 0 Å². The van der Waals surface area contributed by atoms with Gasteiger partial charge in [-0.25, -0.2) is 9.47 Å². The maximum absolute atomic E-state index is 13.1. The van der Waals surface area contributed by atoms with Crippen LogP contribution in [0.2, 0.25) is 0 Å². The van der Waals surface area contributed by atoms with Crippen LogP contribution in [0.25, 0.3) is 0 Å². The lowest BCUT2D eigenvalue weighted by Crippen LogP contribution is -2.66. The third kappa shape index (κ3) is 4.14. The summed E-state index contributed by atoms with van der Waals surface area (Å²) < 4.78 is 0.0197. The van der Waals surface area contributed by atoms with Gasteiger partial charge >= 0.3 is 0 Å². The number of aryl methyl sites for hydroxylation is 1. The van der Waals surface area contributed by atoms with E-state index in [0.717, 1.165) is 29.1 Å². The lowest BCUT2D eigenvalue weighted by molar-refractivity contribution is -0.125. The molecule has 2 aromatic heterocycles. The number of quaternary nitrogens is 1. The number of hydrogen-bond acceptors (Lipinski definition) is 6. The highest BCUT2D eigenvalue weighted by molar-refractivity contribution is 5.91. The second-order valence-corrected chi connectivity index (χ2v) is 7.63. The van der Waals surface area contributed by atoms with Gasteiger partial charge in [-0.3, -0.25) is 19.9 Å². The van der Waals surface area contributed by atoms with Crippen LogP contribution in [0.1, 0.15) is 38.4 Å². The summed E-state index contributed by atoms with van der Waals surface area (Å²) >= 11 is 0. The quantitative estimate of drug-likeness (QED) is 0.504. The monoisotopic (exact) mass is 424 g/mol. The van der Waals surface area contributed by atoms with Crippen molar-refractivity contribution in [1.82, 2.24) is 30.4 Å². The van der Waals surface area contributed by atoms with Crippen LogP contribution in [-0.2, 0) is 16.1 Å². The zero-order valence-electron chi connectivity index (χ0n) is 18.4. The van der Waals surface area contributed by atoms with E-state index in [4.69, 9.17) is 5.73 Å². The van der Waals surface area contributed by atoms with Crippen molar-refractivity contribution in [3.05, 3.63) is 53.7 Å². The van der Waals surface area contributed by atoms with E-state index in [9.17, 15) is 9.59 Å². The number of nitrogens with one attached hydrogen (secondary N) is 3. The number of pyridine rings is 2. The third-order valence-electron chi connectivity index (χ3n) is 5.49. The molecule has 2 atom stereocenters. The Kier molecular flexibility index (Phi) is 6.67. The average molecular weight is 425 g/mol. The molecule has 3 heterocycles. The molecule has 9 heteroatoms. The minimum absolute atomic E-state index is 0.0197. The number of carbonyl (C=O) groups excluding carboxylic acids is 2. The summed E-state index contributed by atoms with van der Waals surface area (Å²) in [5.74, 6) is 0.00909. The van der Waals surface area contributed by atoms with Crippen molar-refractivity contribution in [2.75, 3.05) is 12.3 Å². The van der Waals surface area contributed by atoms with Crippen molar-refractivity contribution in [3.8, 4) is 0 Å². The predicted molar refractivity (Wildman–Crippen MR) is 121 cm³/mol. The molecule has 0 radical (unpaired) electrons. The van der Waals surface area contributed by atoms with Crippen molar-refractivity contribution in [1.29, 1.82) is 0 Å². The maximum Gasteiger partial charge on any atom is 0.299 e. The first kappa shape index (κ1) is 22.4. The summed E-state index contributed by atoms with van der Waals surface area (Å²) in [5, 5.41) is 9.06. The molecule has 0 fully saturated rings. The van der Waals surface area contributed by atoms with Crippen LogP contribution in [0.15, 0.2) is 42.5 Å². The van der Waals surface area contributed by atoms with Crippen LogP contribution in [0.4, 0.5) is 17.2 Å². The highest BCUT2D eigenvalue weighted by atomic mass is 16.2. The van der Waals surface area contributed by atoms with Crippen LogP contribution in [0.5, 0.6) is 0 Å². The molecule has 0 saturated carbocycles. The lowest BCUT2D eigenvalue weighted by atomic mass is 10.0. The van der Waals surface area contributed by atoms with E-state index in [1.165, 1.54) is 6.92 Å². The SMILES string of the molecule is CCCNC1C(=O)NC=C(C)[N+]1(c1cccnc1)c1cc(CNC(C)=O)c(C)nc1N. The van der Waals surface area contributed by atoms with Crippen molar-refractivity contribution in [3.63, 3.8) is 0 Å². The second kappa shape index (κ2) is 9.23. The first-order valence-corrected chi connectivity index (χ1v) is 10.3. The Hall–Kier alpha value is -3.30. The Morgan fingerprint density at radius 1 is 1.35 bits per heavy atom. The maximum atomic E-state index is 13.1. The average Bonchev–Trinajstić information content (AvgIpc) is 2.74. The zero-order chi connectivity index (χ0) is 22.6. The molecule has 0 spiro atoms. The van der Waals surface area contributed by atoms with Gasteiger partial charge in [0.25, 0.3) is 5.91 Å². The van der Waals surface area contributed by atoms with Gasteiger partial charge in [0.05, 0.1) is 12.4 Å². The summed E-state index contributed by atoms with van der Waals surface area (Å²) in [6, 6.07) is 5.69. The van der Waals surface area contributed by atoms with Crippen LogP contribution < -0.4 is 26.2 Å². The molecule has 0 aliphatic carbocycles. The molecular formula is C22H30N7O2+. The van der Waals surface area contributed by atoms with Gasteiger partial charge in [-0.1, -0.05) is 6.92 Å². The molecule has 9 nitrogen and oxygen atoms in total. The number of aromatic nitrogens is 2. The van der Waals surface area contributed by atoms with Gasteiger partial charge in [0, 0.05) is 51.0 Å². The molecule has 2 aromatic rings. The van der Waals surface area contributed by atoms with E-state index >= 15 is 0 Å². The molecule has 164 valence electrons. The fraction of sp³-hybridized carbons (Fsp3) is 0.364. The fourth-order valence-electron chi connectivity index (χ4n) is 3.96. The Morgan fingerprint density at radius 3 is 2.77 bits per heavy atom. The predicted octanol–water partition coefficient (Wildman–Crippen LogP) is 1.96. The Balaban J connectivity index is 2.31. The highest BCUT2D eigenvalue weighted by Crippen LogP contribution is 2.45. The lowest BCUT2D eigenvalue weighted by Gasteiger charge is -2.45. The second-order valence-electron chi connectivity index (χ2n) is 7.63. The first-order valence-electron chi connectivity index (χ1n) is 10.3. The molecule has 3 rings (SSSR count). The van der Waals surface area contributed by atoms with Crippen LogP contribution >= 0.6 is 0 Å². The summed E-state index contributed by atoms with van der Waals surface area (Å²) in [5.41, 5.74) is 10.3. The zero-order valence-corrected chi connectivity index (χ0v) is 18.4. The number of carbonyl (C=O) groups is 2. The molecule has 1 aliphatic rings. The van der Waals surface area contributed by atoms with Gasteiger partial charge in [0.15, 0.2) is 17.2 Å². The molecule has 31 heavy (non-hydrogen) atoms. The number of allylic oxidation sites excluding steroid dienone is 1. The summed E-state index contributed by atoms with van der Waals surface area (Å²) in [6.45, 7) is 8.27. The number of rotatable bonds is 7. The minimum Gasteiger partial charge on any atom is -0.379 e. The van der Waals surface area contributed by atoms with Gasteiger partial charge in [-0.2, -0.15) is 0 Å². The van der Waals surface area contributed by atoms with Gasteiger partial charge < -0.3 is 16.4 Å². The summed E-state index contributed by atoms with van der Waals surface area (Å²) in [7, 11) is 0. The largest absolute Gasteiger partial charge is 0.379 e. The van der Waals surface area contributed by atoms with E-state index in [-0.39, 0.29) is 16.3 Å².